The van der Waals surface area contributed by atoms with Crippen LogP contribution in [0.5, 0.6) is 0 Å². The number of Topliss-reactive ketones (excluding diaryl/α,β-unsaturated/α-hetero) is 1. The number of fused-ring (bicyclic) bond motifs is 1. The molecular formula is C13H16OS2. The molecule has 16 heavy (non-hydrogen) atoms. The van der Waals surface area contributed by atoms with Crippen molar-refractivity contribution in [3.8, 4) is 0 Å². The van der Waals surface area contributed by atoms with Gasteiger partial charge < -0.3 is 0 Å². The summed E-state index contributed by atoms with van der Waals surface area (Å²) in [6.07, 6.45) is 7.30. The van der Waals surface area contributed by atoms with Crippen LogP contribution in [-0.2, 0) is 12.8 Å². The van der Waals surface area contributed by atoms with Gasteiger partial charge in [-0.1, -0.05) is 0 Å². The number of carbonyl (C=O) groups is 1. The van der Waals surface area contributed by atoms with Gasteiger partial charge in [0.2, 0.25) is 0 Å². The van der Waals surface area contributed by atoms with E-state index in [1.165, 1.54) is 48.3 Å². The zero-order valence-corrected chi connectivity index (χ0v) is 11.0. The van der Waals surface area contributed by atoms with E-state index >= 15 is 0 Å². The molecule has 0 aromatic carbocycles. The SMILES string of the molecule is O=C(c1cc2c(s1)CCCC2)C1CCCS1. The fourth-order valence-electron chi connectivity index (χ4n) is 2.56. The van der Waals surface area contributed by atoms with Gasteiger partial charge in [-0.2, -0.15) is 11.8 Å². The summed E-state index contributed by atoms with van der Waals surface area (Å²) in [6, 6.07) is 2.18. The fraction of sp³-hybridized carbons (Fsp3) is 0.615. The van der Waals surface area contributed by atoms with Crippen LogP contribution in [0.2, 0.25) is 0 Å². The molecule has 1 aliphatic heterocycles. The lowest BCUT2D eigenvalue weighted by molar-refractivity contribution is 0.0992. The van der Waals surface area contributed by atoms with Crippen molar-refractivity contribution in [1.29, 1.82) is 0 Å². The van der Waals surface area contributed by atoms with Crippen LogP contribution in [0.25, 0.3) is 0 Å². The van der Waals surface area contributed by atoms with Gasteiger partial charge in [0.25, 0.3) is 0 Å². The summed E-state index contributed by atoms with van der Waals surface area (Å²) >= 11 is 3.62. The molecule has 0 radical (unpaired) electrons. The molecule has 1 unspecified atom stereocenters. The van der Waals surface area contributed by atoms with Gasteiger partial charge in [-0.25, -0.2) is 0 Å². The van der Waals surface area contributed by atoms with Crippen LogP contribution in [0.3, 0.4) is 0 Å². The van der Waals surface area contributed by atoms with E-state index in [0.717, 1.165) is 11.3 Å². The molecule has 0 amide bonds. The van der Waals surface area contributed by atoms with Crippen LogP contribution < -0.4 is 0 Å². The highest BCUT2D eigenvalue weighted by atomic mass is 32.2. The molecule has 2 aliphatic rings. The first-order chi connectivity index (χ1) is 7.84. The molecule has 1 aromatic heterocycles. The molecule has 1 nitrogen and oxygen atoms in total. The summed E-state index contributed by atoms with van der Waals surface area (Å²) in [7, 11) is 0. The van der Waals surface area contributed by atoms with Crippen molar-refractivity contribution in [2.45, 2.75) is 43.8 Å². The van der Waals surface area contributed by atoms with Crippen LogP contribution >= 0.6 is 23.1 Å². The Morgan fingerprint density at radius 1 is 1.25 bits per heavy atom. The third kappa shape index (κ3) is 1.95. The molecule has 1 fully saturated rings. The highest BCUT2D eigenvalue weighted by Gasteiger charge is 2.27. The van der Waals surface area contributed by atoms with Crippen molar-refractivity contribution >= 4 is 28.9 Å². The van der Waals surface area contributed by atoms with Crippen LogP contribution in [0, 0.1) is 0 Å². The van der Waals surface area contributed by atoms with Crippen LogP contribution in [0.4, 0.5) is 0 Å². The summed E-state index contributed by atoms with van der Waals surface area (Å²) in [4.78, 5) is 14.8. The number of hydrogen-bond acceptors (Lipinski definition) is 3. The highest BCUT2D eigenvalue weighted by Crippen LogP contribution is 2.34. The van der Waals surface area contributed by atoms with Crippen molar-refractivity contribution in [2.75, 3.05) is 5.75 Å². The monoisotopic (exact) mass is 252 g/mol. The quantitative estimate of drug-likeness (QED) is 0.746. The average Bonchev–Trinajstić information content (AvgIpc) is 2.97. The fourth-order valence-corrected chi connectivity index (χ4v) is 5.11. The Labute approximate surface area is 105 Å². The van der Waals surface area contributed by atoms with Gasteiger partial charge >= 0.3 is 0 Å². The van der Waals surface area contributed by atoms with Gasteiger partial charge in [0.05, 0.1) is 10.1 Å². The number of carbonyl (C=O) groups excluding carboxylic acids is 1. The maximum atomic E-state index is 12.3. The number of ketones is 1. The van der Waals surface area contributed by atoms with Crippen molar-refractivity contribution in [1.82, 2.24) is 0 Å². The Hall–Kier alpha value is -0.280. The van der Waals surface area contributed by atoms with Crippen molar-refractivity contribution in [3.05, 3.63) is 21.4 Å². The summed E-state index contributed by atoms with van der Waals surface area (Å²) in [5.41, 5.74) is 1.46. The van der Waals surface area contributed by atoms with E-state index in [4.69, 9.17) is 0 Å². The molecule has 1 atom stereocenters. The van der Waals surface area contributed by atoms with Crippen molar-refractivity contribution in [2.24, 2.45) is 0 Å². The summed E-state index contributed by atoms with van der Waals surface area (Å²) in [5.74, 6) is 1.57. The number of aryl methyl sites for hydroxylation is 2. The first-order valence-electron chi connectivity index (χ1n) is 6.12. The lowest BCUT2D eigenvalue weighted by atomic mass is 9.99. The average molecular weight is 252 g/mol. The smallest absolute Gasteiger partial charge is 0.185 e. The predicted molar refractivity (Wildman–Crippen MR) is 70.8 cm³/mol. The van der Waals surface area contributed by atoms with Crippen LogP contribution in [0.1, 0.15) is 45.8 Å². The van der Waals surface area contributed by atoms with E-state index in [9.17, 15) is 4.79 Å². The van der Waals surface area contributed by atoms with E-state index in [2.05, 4.69) is 6.07 Å². The molecule has 2 heterocycles. The van der Waals surface area contributed by atoms with E-state index < -0.39 is 0 Å². The van der Waals surface area contributed by atoms with Gasteiger partial charge in [-0.3, -0.25) is 4.79 Å². The number of thioether (sulfide) groups is 1. The first kappa shape index (κ1) is 10.8. The van der Waals surface area contributed by atoms with E-state index in [1.54, 1.807) is 11.3 Å². The van der Waals surface area contributed by atoms with Gasteiger partial charge in [0.1, 0.15) is 0 Å². The number of hydrogen-bond donors (Lipinski definition) is 0. The molecule has 0 bridgehead atoms. The van der Waals surface area contributed by atoms with Gasteiger partial charge in [-0.05, 0) is 55.9 Å². The van der Waals surface area contributed by atoms with Crippen LogP contribution in [-0.4, -0.2) is 16.8 Å². The van der Waals surface area contributed by atoms with Gasteiger partial charge in [0.15, 0.2) is 5.78 Å². The summed E-state index contributed by atoms with van der Waals surface area (Å²) in [5, 5.41) is 0.264. The Bertz CT molecular complexity index is 379. The third-order valence-electron chi connectivity index (χ3n) is 3.46. The van der Waals surface area contributed by atoms with Crippen LogP contribution in [0.15, 0.2) is 6.07 Å². The largest absolute Gasteiger partial charge is 0.292 e. The lowest BCUT2D eigenvalue weighted by Gasteiger charge is -2.08. The first-order valence-corrected chi connectivity index (χ1v) is 7.98. The third-order valence-corrected chi connectivity index (χ3v) is 6.09. The molecule has 0 saturated carbocycles. The van der Waals surface area contributed by atoms with E-state index in [-0.39, 0.29) is 5.25 Å². The minimum Gasteiger partial charge on any atom is -0.292 e. The predicted octanol–water partition coefficient (Wildman–Crippen LogP) is 3.71. The molecule has 1 aromatic rings. The Morgan fingerprint density at radius 3 is 2.88 bits per heavy atom. The summed E-state index contributed by atoms with van der Waals surface area (Å²) in [6.45, 7) is 0. The zero-order chi connectivity index (χ0) is 11.0. The Morgan fingerprint density at radius 2 is 2.12 bits per heavy atom. The molecule has 86 valence electrons. The lowest BCUT2D eigenvalue weighted by Crippen LogP contribution is -2.12. The molecule has 3 heteroatoms. The van der Waals surface area contributed by atoms with Crippen molar-refractivity contribution < 1.29 is 4.79 Å². The second kappa shape index (κ2) is 4.53. The van der Waals surface area contributed by atoms with Gasteiger partial charge in [0, 0.05) is 4.88 Å². The Kier molecular flexibility index (Phi) is 3.07. The summed E-state index contributed by atoms with van der Waals surface area (Å²) < 4.78 is 0. The second-order valence-corrected chi connectivity index (χ2v) is 7.08. The minimum absolute atomic E-state index is 0.264. The second-order valence-electron chi connectivity index (χ2n) is 4.63. The highest BCUT2D eigenvalue weighted by molar-refractivity contribution is 8.00. The molecule has 0 spiro atoms. The normalized spacial score (nSPS) is 24.4. The van der Waals surface area contributed by atoms with E-state index in [1.807, 2.05) is 11.8 Å². The zero-order valence-electron chi connectivity index (χ0n) is 9.33. The molecule has 3 rings (SSSR count). The van der Waals surface area contributed by atoms with Gasteiger partial charge in [-0.15, -0.1) is 11.3 Å². The molecular weight excluding hydrogens is 236 g/mol. The maximum absolute atomic E-state index is 12.3. The standard InChI is InChI=1S/C13H16OS2/c14-13(11-6-3-7-15-11)12-8-9-4-1-2-5-10(9)16-12/h8,11H,1-7H2. The molecule has 1 saturated heterocycles. The topological polar surface area (TPSA) is 17.1 Å². The molecule has 0 N–H and O–H groups in total. The number of rotatable bonds is 2. The van der Waals surface area contributed by atoms with E-state index in [0.29, 0.717) is 5.78 Å². The maximum Gasteiger partial charge on any atom is 0.185 e. The van der Waals surface area contributed by atoms with Crippen molar-refractivity contribution in [3.63, 3.8) is 0 Å². The Balaban J connectivity index is 1.83. The minimum atomic E-state index is 0.264. The molecule has 1 aliphatic carbocycles. The number of thiophene rings is 1.